The smallest absolute Gasteiger partial charge is 0.326 e. The number of amides is 1. The molecule has 1 amide bonds. The van der Waals surface area contributed by atoms with Gasteiger partial charge in [0.25, 0.3) is 0 Å². The molecule has 1 aromatic carbocycles. The van der Waals surface area contributed by atoms with Crippen LogP contribution in [-0.4, -0.2) is 85.4 Å². The van der Waals surface area contributed by atoms with Gasteiger partial charge in [-0.2, -0.15) is 0 Å². The number of hydrogen-bond acceptors (Lipinski definition) is 6. The van der Waals surface area contributed by atoms with Crippen LogP contribution in [0.25, 0.3) is 11.0 Å². The van der Waals surface area contributed by atoms with Crippen LogP contribution in [-0.2, 0) is 19.4 Å². The number of carbonyl (C=O) groups excluding carboxylic acids is 1. The number of imidazole rings is 1. The van der Waals surface area contributed by atoms with E-state index >= 15 is 0 Å². The number of nitrogens with zero attached hydrogens (tertiary/aromatic N) is 3. The van der Waals surface area contributed by atoms with Crippen molar-refractivity contribution >= 4 is 26.8 Å². The Morgan fingerprint density at radius 3 is 2.42 bits per heavy atom. The molecule has 0 bridgehead atoms. The maximum absolute atomic E-state index is 14.5. The van der Waals surface area contributed by atoms with Gasteiger partial charge < -0.3 is 14.6 Å². The van der Waals surface area contributed by atoms with E-state index < -0.39 is 20.5 Å². The van der Waals surface area contributed by atoms with Gasteiger partial charge in [-0.3, -0.25) is 14.3 Å². The van der Waals surface area contributed by atoms with Crippen LogP contribution in [0, 0.1) is 5.82 Å². The van der Waals surface area contributed by atoms with Crippen LogP contribution in [0.3, 0.4) is 0 Å². The highest BCUT2D eigenvalue weighted by Gasteiger charge is 2.33. The van der Waals surface area contributed by atoms with E-state index in [0.717, 1.165) is 25.2 Å². The second kappa shape index (κ2) is 8.84. The molecule has 2 aromatic rings. The molecule has 0 atom stereocenters. The summed E-state index contributed by atoms with van der Waals surface area (Å²) in [5.74, 6) is -0.766. The summed E-state index contributed by atoms with van der Waals surface area (Å²) in [5.41, 5.74) is 0.101. The van der Waals surface area contributed by atoms with E-state index in [9.17, 15) is 22.4 Å². The number of H-pyrrole nitrogens is 1. The first-order valence-electron chi connectivity index (χ1n) is 11.2. The summed E-state index contributed by atoms with van der Waals surface area (Å²) < 4.78 is 45.1. The van der Waals surface area contributed by atoms with Crippen molar-refractivity contribution in [2.45, 2.75) is 49.1 Å². The van der Waals surface area contributed by atoms with Gasteiger partial charge in [0.05, 0.1) is 23.2 Å². The van der Waals surface area contributed by atoms with Crippen molar-refractivity contribution in [2.75, 3.05) is 46.1 Å². The number of nitrogens with one attached hydrogen (secondary N) is 1. The lowest BCUT2D eigenvalue weighted by Crippen LogP contribution is -2.50. The molecule has 182 valence electrons. The molecule has 4 rings (SSSR count). The monoisotopic (exact) mass is 482 g/mol. The molecule has 0 aliphatic carbocycles. The predicted molar refractivity (Wildman–Crippen MR) is 122 cm³/mol. The molecule has 2 fully saturated rings. The van der Waals surface area contributed by atoms with E-state index in [0.29, 0.717) is 56.6 Å². The van der Waals surface area contributed by atoms with Crippen LogP contribution in [0.4, 0.5) is 4.39 Å². The molecule has 33 heavy (non-hydrogen) atoms. The maximum Gasteiger partial charge on any atom is 0.326 e. The van der Waals surface area contributed by atoms with Gasteiger partial charge in [-0.1, -0.05) is 0 Å². The second-order valence-corrected chi connectivity index (χ2v) is 11.4. The van der Waals surface area contributed by atoms with Crippen LogP contribution < -0.4 is 5.69 Å². The fourth-order valence-electron chi connectivity index (χ4n) is 4.83. The van der Waals surface area contributed by atoms with Gasteiger partial charge in [0.1, 0.15) is 10.7 Å². The molecule has 0 saturated carbocycles. The van der Waals surface area contributed by atoms with Gasteiger partial charge in [0.2, 0.25) is 5.91 Å². The van der Waals surface area contributed by atoms with Crippen LogP contribution in [0.2, 0.25) is 0 Å². The number of hydrogen-bond donors (Lipinski definition) is 1. The Morgan fingerprint density at radius 2 is 1.85 bits per heavy atom. The normalized spacial score (nSPS) is 20.4. The number of aromatic amines is 1. The first-order chi connectivity index (χ1) is 15.5. The number of methoxy groups -OCH3 is 1. The summed E-state index contributed by atoms with van der Waals surface area (Å²) in [4.78, 5) is 31.6. The van der Waals surface area contributed by atoms with Gasteiger partial charge in [-0.15, -0.1) is 0 Å². The molecular weight excluding hydrogens is 451 g/mol. The fourth-order valence-corrected chi connectivity index (χ4v) is 5.58. The van der Waals surface area contributed by atoms with Crippen molar-refractivity contribution in [2.24, 2.45) is 0 Å². The molecule has 2 saturated heterocycles. The van der Waals surface area contributed by atoms with E-state index in [-0.39, 0.29) is 23.2 Å². The van der Waals surface area contributed by atoms with Gasteiger partial charge in [-0.05, 0) is 38.7 Å². The molecule has 2 aliphatic rings. The van der Waals surface area contributed by atoms with Crippen molar-refractivity contribution in [3.05, 3.63) is 28.4 Å². The zero-order valence-electron chi connectivity index (χ0n) is 19.3. The van der Waals surface area contributed by atoms with Crippen molar-refractivity contribution < 1.29 is 22.3 Å². The molecule has 9 nitrogen and oxygen atoms in total. The van der Waals surface area contributed by atoms with Crippen molar-refractivity contribution in [1.29, 1.82) is 0 Å². The van der Waals surface area contributed by atoms with E-state index in [2.05, 4.69) is 16.8 Å². The number of carbonyl (C=O) groups is 1. The van der Waals surface area contributed by atoms with E-state index in [1.807, 2.05) is 4.90 Å². The summed E-state index contributed by atoms with van der Waals surface area (Å²) in [7, 11) is -2.04. The maximum atomic E-state index is 14.5. The highest BCUT2D eigenvalue weighted by Crippen LogP contribution is 2.28. The van der Waals surface area contributed by atoms with Crippen LogP contribution >= 0.6 is 0 Å². The fraction of sp³-hybridized carbons (Fsp3) is 0.636. The number of piperidine rings is 2. The highest BCUT2D eigenvalue weighted by molar-refractivity contribution is 7.90. The molecule has 2 aliphatic heterocycles. The van der Waals surface area contributed by atoms with E-state index in [1.165, 1.54) is 10.6 Å². The number of sulfone groups is 1. The summed E-state index contributed by atoms with van der Waals surface area (Å²) in [6.07, 6.45) is 3.84. The number of halogens is 1. The molecular formula is C22H31FN4O5S. The molecule has 1 N–H and O–H groups in total. The Hall–Kier alpha value is -2.24. The lowest BCUT2D eigenvalue weighted by Gasteiger charge is -2.39. The third-order valence-corrected chi connectivity index (χ3v) is 8.23. The molecule has 3 heterocycles. The minimum Gasteiger partial charge on any atom is -0.378 e. The van der Waals surface area contributed by atoms with Gasteiger partial charge in [-0.25, -0.2) is 17.6 Å². The van der Waals surface area contributed by atoms with E-state index in [4.69, 9.17) is 4.74 Å². The summed E-state index contributed by atoms with van der Waals surface area (Å²) in [5, 5.41) is 0. The topological polar surface area (TPSA) is 105 Å². The van der Waals surface area contributed by atoms with Gasteiger partial charge in [0, 0.05) is 51.7 Å². The van der Waals surface area contributed by atoms with Crippen molar-refractivity contribution in [1.82, 2.24) is 19.4 Å². The van der Waals surface area contributed by atoms with Gasteiger partial charge >= 0.3 is 5.69 Å². The minimum atomic E-state index is -3.75. The van der Waals surface area contributed by atoms with Crippen LogP contribution in [0.15, 0.2) is 21.8 Å². The molecule has 11 heteroatoms. The lowest BCUT2D eigenvalue weighted by atomic mass is 9.93. The third kappa shape index (κ3) is 4.85. The Kier molecular flexibility index (Phi) is 6.41. The molecule has 0 radical (unpaired) electrons. The summed E-state index contributed by atoms with van der Waals surface area (Å²) in [6.45, 7) is 5.06. The third-order valence-electron chi connectivity index (χ3n) is 7.12. The molecule has 1 aromatic heterocycles. The van der Waals surface area contributed by atoms with Gasteiger partial charge in [0.15, 0.2) is 9.84 Å². The first-order valence-corrected chi connectivity index (χ1v) is 13.1. The zero-order valence-corrected chi connectivity index (χ0v) is 20.1. The predicted octanol–water partition coefficient (Wildman–Crippen LogP) is 1.54. The van der Waals surface area contributed by atoms with Crippen molar-refractivity contribution in [3.8, 4) is 0 Å². The average molecular weight is 483 g/mol. The number of aromatic nitrogens is 2. The quantitative estimate of drug-likeness (QED) is 0.693. The number of benzene rings is 1. The zero-order chi connectivity index (χ0) is 24.0. The summed E-state index contributed by atoms with van der Waals surface area (Å²) in [6, 6.07) is 2.14. The van der Waals surface area contributed by atoms with Crippen LogP contribution in [0.1, 0.15) is 38.6 Å². The standard InChI is InChI=1S/C22H31FN4O5S/c1-22(32-2)6-10-26(11-7-22)20(28)14-25-8-4-15(5-9-25)27-18-12-16(23)19(33(3,30)31)13-17(18)24-21(27)29/h12-13,15H,4-11,14H2,1-3H3,(H,24,29). The highest BCUT2D eigenvalue weighted by atomic mass is 32.2. The minimum absolute atomic E-state index is 0.103. The number of likely N-dealkylation sites (tertiary alicyclic amines) is 2. The van der Waals surface area contributed by atoms with E-state index in [1.54, 1.807) is 7.11 Å². The Bertz CT molecular complexity index is 1210. The number of fused-ring (bicyclic) bond motifs is 1. The summed E-state index contributed by atoms with van der Waals surface area (Å²) >= 11 is 0. The lowest BCUT2D eigenvalue weighted by molar-refractivity contribution is -0.137. The molecule has 0 spiro atoms. The Morgan fingerprint density at radius 1 is 1.21 bits per heavy atom. The van der Waals surface area contributed by atoms with Crippen LogP contribution in [0.5, 0.6) is 0 Å². The second-order valence-electron chi connectivity index (χ2n) is 9.41. The first kappa shape index (κ1) is 23.9. The van der Waals surface area contributed by atoms with Crippen molar-refractivity contribution in [3.63, 3.8) is 0 Å². The number of ether oxygens (including phenoxy) is 1. The Balaban J connectivity index is 1.41. The molecule has 0 unspecified atom stereocenters. The largest absolute Gasteiger partial charge is 0.378 e. The Labute approximate surface area is 192 Å². The number of rotatable bonds is 5. The average Bonchev–Trinajstić information content (AvgIpc) is 3.08. The SMILES string of the molecule is COC1(C)CCN(C(=O)CN2CCC(n3c(=O)[nH]c4cc(S(C)(=O)=O)c(F)cc43)CC2)CC1.